The average Bonchev–Trinajstić information content (AvgIpc) is 2.88. The van der Waals surface area contributed by atoms with Crippen LogP contribution in [0.5, 0.6) is 0 Å². The zero-order chi connectivity index (χ0) is 18.7. The Hall–Kier alpha value is -2.60. The third-order valence-electron chi connectivity index (χ3n) is 4.30. The second-order valence-corrected chi connectivity index (χ2v) is 6.73. The quantitative estimate of drug-likeness (QED) is 0.836. The van der Waals surface area contributed by atoms with E-state index < -0.39 is 0 Å². The van der Waals surface area contributed by atoms with E-state index in [1.807, 2.05) is 38.1 Å². The van der Waals surface area contributed by atoms with Crippen molar-refractivity contribution >= 4 is 29.5 Å². The minimum Gasteiger partial charge on any atom is -0.353 e. The van der Waals surface area contributed by atoms with E-state index in [9.17, 15) is 9.59 Å². The van der Waals surface area contributed by atoms with Gasteiger partial charge in [0, 0.05) is 24.7 Å². The molecule has 1 aromatic carbocycles. The first kappa shape index (κ1) is 18.2. The maximum absolute atomic E-state index is 12.3. The molecule has 2 amide bonds. The molecule has 1 fully saturated rings. The molecule has 2 heterocycles. The highest BCUT2D eigenvalue weighted by molar-refractivity contribution is 6.31. The van der Waals surface area contributed by atoms with E-state index >= 15 is 0 Å². The van der Waals surface area contributed by atoms with Gasteiger partial charge in [0.25, 0.3) is 0 Å². The van der Waals surface area contributed by atoms with Crippen molar-refractivity contribution in [1.29, 1.82) is 0 Å². The number of hydrogen-bond acceptors (Lipinski definition) is 3. The van der Waals surface area contributed by atoms with Gasteiger partial charge in [-0.25, -0.2) is 4.68 Å². The number of halogens is 1. The van der Waals surface area contributed by atoms with Crippen molar-refractivity contribution < 1.29 is 9.59 Å². The fraction of sp³-hybridized carbons (Fsp3) is 0.316. The van der Waals surface area contributed by atoms with Gasteiger partial charge < -0.3 is 10.2 Å². The van der Waals surface area contributed by atoms with Crippen LogP contribution in [0, 0.1) is 13.8 Å². The number of rotatable bonds is 4. The van der Waals surface area contributed by atoms with Crippen LogP contribution in [0.15, 0.2) is 30.3 Å². The maximum Gasteiger partial charge on any atom is 0.247 e. The summed E-state index contributed by atoms with van der Waals surface area (Å²) in [6, 6.07) is 8.19. The van der Waals surface area contributed by atoms with Crippen LogP contribution in [-0.4, -0.2) is 46.1 Å². The second-order valence-electron chi connectivity index (χ2n) is 6.38. The lowest BCUT2D eigenvalue weighted by Crippen LogP contribution is -2.49. The minimum absolute atomic E-state index is 0.0859. The molecular formula is C19H21ClN4O2. The predicted octanol–water partition coefficient (Wildman–Crippen LogP) is 2.17. The van der Waals surface area contributed by atoms with Crippen LogP contribution in [0.2, 0.25) is 5.15 Å². The molecule has 1 saturated heterocycles. The molecule has 0 atom stereocenters. The summed E-state index contributed by atoms with van der Waals surface area (Å²) in [7, 11) is 0. The monoisotopic (exact) mass is 372 g/mol. The average molecular weight is 373 g/mol. The Balaban J connectivity index is 1.74. The SMILES string of the molecule is Cc1ccc(Cn2nc(C)c(/C=C/C(=O)N3CCNC(=O)C3)c2Cl)cc1. The molecule has 136 valence electrons. The van der Waals surface area contributed by atoms with Crippen LogP contribution >= 0.6 is 11.6 Å². The lowest BCUT2D eigenvalue weighted by molar-refractivity contribution is -0.134. The lowest BCUT2D eigenvalue weighted by Gasteiger charge is -2.25. The van der Waals surface area contributed by atoms with Gasteiger partial charge in [0.05, 0.1) is 18.8 Å². The number of carbonyl (C=O) groups excluding carboxylic acids is 2. The number of nitrogens with zero attached hydrogens (tertiary/aromatic N) is 3. The first-order valence-corrected chi connectivity index (χ1v) is 8.84. The van der Waals surface area contributed by atoms with E-state index in [4.69, 9.17) is 11.6 Å². The number of hydrogen-bond donors (Lipinski definition) is 1. The molecule has 0 bridgehead atoms. The van der Waals surface area contributed by atoms with Crippen molar-refractivity contribution in [3.8, 4) is 0 Å². The Morgan fingerprint density at radius 2 is 2.04 bits per heavy atom. The van der Waals surface area contributed by atoms with Crippen LogP contribution < -0.4 is 5.32 Å². The van der Waals surface area contributed by atoms with Gasteiger partial charge in [0.15, 0.2) is 0 Å². The van der Waals surface area contributed by atoms with Gasteiger partial charge in [0.2, 0.25) is 11.8 Å². The summed E-state index contributed by atoms with van der Waals surface area (Å²) >= 11 is 6.46. The van der Waals surface area contributed by atoms with E-state index in [2.05, 4.69) is 10.4 Å². The number of amides is 2. The molecule has 1 aromatic heterocycles. The Morgan fingerprint density at radius 3 is 2.73 bits per heavy atom. The zero-order valence-corrected chi connectivity index (χ0v) is 15.6. The summed E-state index contributed by atoms with van der Waals surface area (Å²) in [5.41, 5.74) is 3.77. The van der Waals surface area contributed by atoms with Crippen molar-refractivity contribution in [2.75, 3.05) is 19.6 Å². The highest BCUT2D eigenvalue weighted by Crippen LogP contribution is 2.22. The first-order valence-electron chi connectivity index (χ1n) is 8.46. The third kappa shape index (κ3) is 4.14. The third-order valence-corrected chi connectivity index (χ3v) is 4.70. The topological polar surface area (TPSA) is 67.2 Å². The summed E-state index contributed by atoms with van der Waals surface area (Å²) < 4.78 is 1.72. The zero-order valence-electron chi connectivity index (χ0n) is 14.8. The van der Waals surface area contributed by atoms with Crippen LogP contribution in [0.25, 0.3) is 6.08 Å². The lowest BCUT2D eigenvalue weighted by atomic mass is 10.1. The second kappa shape index (κ2) is 7.74. The molecule has 0 radical (unpaired) electrons. The molecule has 0 unspecified atom stereocenters. The molecule has 0 spiro atoms. The highest BCUT2D eigenvalue weighted by Gasteiger charge is 2.19. The Bertz CT molecular complexity index is 855. The van der Waals surface area contributed by atoms with Gasteiger partial charge in [-0.05, 0) is 25.5 Å². The van der Waals surface area contributed by atoms with Gasteiger partial charge in [-0.15, -0.1) is 0 Å². The molecule has 1 aliphatic heterocycles. The van der Waals surface area contributed by atoms with Crippen molar-refractivity contribution in [3.05, 3.63) is 57.9 Å². The smallest absolute Gasteiger partial charge is 0.247 e. The summed E-state index contributed by atoms with van der Waals surface area (Å²) in [6.07, 6.45) is 3.12. The Labute approximate surface area is 157 Å². The Kier molecular flexibility index (Phi) is 5.42. The fourth-order valence-corrected chi connectivity index (χ4v) is 3.11. The summed E-state index contributed by atoms with van der Waals surface area (Å²) in [5.74, 6) is -0.347. The first-order chi connectivity index (χ1) is 12.4. The fourth-order valence-electron chi connectivity index (χ4n) is 2.81. The van der Waals surface area contributed by atoms with Gasteiger partial charge in [-0.3, -0.25) is 9.59 Å². The van der Waals surface area contributed by atoms with Crippen molar-refractivity contribution in [1.82, 2.24) is 20.0 Å². The van der Waals surface area contributed by atoms with E-state index in [1.165, 1.54) is 16.5 Å². The molecule has 26 heavy (non-hydrogen) atoms. The van der Waals surface area contributed by atoms with E-state index in [0.29, 0.717) is 30.4 Å². The number of aryl methyl sites for hydroxylation is 2. The standard InChI is InChI=1S/C19H21ClN4O2/c1-13-3-5-15(6-4-13)11-24-19(20)16(14(2)22-24)7-8-18(26)23-10-9-21-17(25)12-23/h3-8H,9-12H2,1-2H3,(H,21,25)/b8-7+. The van der Waals surface area contributed by atoms with E-state index in [-0.39, 0.29) is 18.4 Å². The van der Waals surface area contributed by atoms with Crippen molar-refractivity contribution in [3.63, 3.8) is 0 Å². The highest BCUT2D eigenvalue weighted by atomic mass is 35.5. The van der Waals surface area contributed by atoms with Gasteiger partial charge in [0.1, 0.15) is 5.15 Å². The van der Waals surface area contributed by atoms with E-state index in [0.717, 1.165) is 11.3 Å². The Morgan fingerprint density at radius 1 is 1.31 bits per heavy atom. The summed E-state index contributed by atoms with van der Waals surface area (Å²) in [4.78, 5) is 25.2. The number of carbonyl (C=O) groups is 2. The number of nitrogens with one attached hydrogen (secondary N) is 1. The summed E-state index contributed by atoms with van der Waals surface area (Å²) in [5, 5.41) is 7.66. The molecule has 0 aliphatic carbocycles. The van der Waals surface area contributed by atoms with Gasteiger partial charge >= 0.3 is 0 Å². The number of piperazine rings is 1. The van der Waals surface area contributed by atoms with E-state index in [1.54, 1.807) is 10.8 Å². The molecule has 2 aromatic rings. The van der Waals surface area contributed by atoms with Crippen LogP contribution in [-0.2, 0) is 16.1 Å². The molecular weight excluding hydrogens is 352 g/mol. The van der Waals surface area contributed by atoms with Crippen LogP contribution in [0.1, 0.15) is 22.4 Å². The molecule has 1 N–H and O–H groups in total. The molecule has 7 heteroatoms. The molecule has 3 rings (SSSR count). The largest absolute Gasteiger partial charge is 0.353 e. The van der Waals surface area contributed by atoms with Gasteiger partial charge in [-0.2, -0.15) is 5.10 Å². The number of aromatic nitrogens is 2. The van der Waals surface area contributed by atoms with Gasteiger partial charge in [-0.1, -0.05) is 41.4 Å². The maximum atomic E-state index is 12.3. The number of benzene rings is 1. The molecule has 6 nitrogen and oxygen atoms in total. The molecule has 0 saturated carbocycles. The van der Waals surface area contributed by atoms with Crippen LogP contribution in [0.3, 0.4) is 0 Å². The van der Waals surface area contributed by atoms with Crippen molar-refractivity contribution in [2.24, 2.45) is 0 Å². The van der Waals surface area contributed by atoms with Crippen LogP contribution in [0.4, 0.5) is 0 Å². The molecule has 1 aliphatic rings. The normalized spacial score (nSPS) is 14.7. The summed E-state index contributed by atoms with van der Waals surface area (Å²) in [6.45, 7) is 5.54. The van der Waals surface area contributed by atoms with Crippen molar-refractivity contribution in [2.45, 2.75) is 20.4 Å². The minimum atomic E-state index is -0.207. The predicted molar refractivity (Wildman–Crippen MR) is 101 cm³/mol.